The third-order valence-corrected chi connectivity index (χ3v) is 9.49. The van der Waals surface area contributed by atoms with Crippen molar-refractivity contribution in [1.29, 1.82) is 5.26 Å². The molecule has 6 heteroatoms. The first kappa shape index (κ1) is 20.4. The van der Waals surface area contributed by atoms with Crippen molar-refractivity contribution in [1.82, 2.24) is 0 Å². The number of halogens is 2. The van der Waals surface area contributed by atoms with Gasteiger partial charge < -0.3 is 9.16 Å². The van der Waals surface area contributed by atoms with E-state index in [4.69, 9.17) is 20.8 Å². The highest BCUT2D eigenvalue weighted by Gasteiger charge is 2.37. The molecule has 2 aromatic carbocycles. The van der Waals surface area contributed by atoms with E-state index in [-0.39, 0.29) is 22.4 Å². The summed E-state index contributed by atoms with van der Waals surface area (Å²) in [6, 6.07) is 11.5. The minimum atomic E-state index is -1.99. The molecule has 26 heavy (non-hydrogen) atoms. The van der Waals surface area contributed by atoms with Crippen molar-refractivity contribution in [2.45, 2.75) is 45.5 Å². The van der Waals surface area contributed by atoms with Crippen LogP contribution in [0.4, 0.5) is 4.39 Å². The molecule has 0 aliphatic heterocycles. The van der Waals surface area contributed by atoms with Crippen molar-refractivity contribution < 1.29 is 13.6 Å². The largest absolute Gasteiger partial charge is 0.452 e. The van der Waals surface area contributed by atoms with Gasteiger partial charge >= 0.3 is 0 Å². The first-order chi connectivity index (χ1) is 12.0. The Labute approximate surface area is 160 Å². The zero-order chi connectivity index (χ0) is 19.5. The number of rotatable bonds is 5. The van der Waals surface area contributed by atoms with Crippen LogP contribution < -0.4 is 4.74 Å². The van der Waals surface area contributed by atoms with E-state index in [2.05, 4.69) is 39.9 Å². The lowest BCUT2D eigenvalue weighted by atomic mass is 10.1. The lowest BCUT2D eigenvalue weighted by Crippen LogP contribution is -2.40. The summed E-state index contributed by atoms with van der Waals surface area (Å²) in [6.07, 6.45) is 0. The monoisotopic (exact) mass is 391 g/mol. The van der Waals surface area contributed by atoms with E-state index < -0.39 is 14.1 Å². The van der Waals surface area contributed by atoms with Gasteiger partial charge in [0.05, 0.1) is 23.3 Å². The van der Waals surface area contributed by atoms with Crippen LogP contribution in [0.15, 0.2) is 36.4 Å². The van der Waals surface area contributed by atoms with E-state index >= 15 is 0 Å². The van der Waals surface area contributed by atoms with Gasteiger partial charge in [-0.15, -0.1) is 0 Å². The highest BCUT2D eigenvalue weighted by molar-refractivity contribution is 6.74. The van der Waals surface area contributed by atoms with Gasteiger partial charge in [-0.25, -0.2) is 4.39 Å². The molecule has 3 nitrogen and oxygen atoms in total. The molecule has 0 N–H and O–H groups in total. The summed E-state index contributed by atoms with van der Waals surface area (Å²) in [6.45, 7) is 11.0. The molecule has 0 aromatic heterocycles. The second kappa shape index (κ2) is 7.79. The Kier molecular flexibility index (Phi) is 6.12. The van der Waals surface area contributed by atoms with Gasteiger partial charge in [0.15, 0.2) is 19.9 Å². The maximum atomic E-state index is 14.1. The average molecular weight is 392 g/mol. The molecular weight excluding hydrogens is 369 g/mol. The number of hydrogen-bond acceptors (Lipinski definition) is 3. The molecule has 0 saturated carbocycles. The predicted molar refractivity (Wildman–Crippen MR) is 105 cm³/mol. The van der Waals surface area contributed by atoms with Crippen LogP contribution in [0.3, 0.4) is 0 Å². The van der Waals surface area contributed by atoms with Crippen LogP contribution in [0, 0.1) is 17.1 Å². The zero-order valence-corrected chi connectivity index (χ0v) is 17.4. The fraction of sp³-hybridized carbons (Fsp3) is 0.350. The molecule has 0 saturated heterocycles. The molecule has 0 bridgehead atoms. The Balaban J connectivity index is 2.35. The third-order valence-electron chi connectivity index (χ3n) is 4.72. The number of nitrogens with zero attached hydrogens (tertiary/aromatic N) is 1. The van der Waals surface area contributed by atoms with Gasteiger partial charge in [0.1, 0.15) is 5.75 Å². The average Bonchev–Trinajstić information content (AvgIpc) is 2.56. The molecule has 0 aliphatic rings. The van der Waals surface area contributed by atoms with Crippen molar-refractivity contribution in [3.8, 4) is 17.6 Å². The summed E-state index contributed by atoms with van der Waals surface area (Å²) in [5.74, 6) is -0.153. The van der Waals surface area contributed by atoms with Gasteiger partial charge in [0.25, 0.3) is 0 Å². The Hall–Kier alpha value is -1.87. The van der Waals surface area contributed by atoms with Crippen LogP contribution in [0.1, 0.15) is 31.9 Å². The summed E-state index contributed by atoms with van der Waals surface area (Å²) < 4.78 is 26.0. The molecule has 138 valence electrons. The second-order valence-electron chi connectivity index (χ2n) is 7.64. The molecular formula is C20H23ClFNO2Si. The van der Waals surface area contributed by atoms with Crippen molar-refractivity contribution in [2.24, 2.45) is 0 Å². The van der Waals surface area contributed by atoms with Gasteiger partial charge in [-0.3, -0.25) is 0 Å². The van der Waals surface area contributed by atoms with E-state index in [1.165, 1.54) is 12.1 Å². The quantitative estimate of drug-likeness (QED) is 0.535. The van der Waals surface area contributed by atoms with Crippen molar-refractivity contribution >= 4 is 19.9 Å². The van der Waals surface area contributed by atoms with Gasteiger partial charge in [0.2, 0.25) is 0 Å². The SMILES string of the molecule is CC(C)(C)[Si](C)(C)OCc1cc(C#N)ccc1Oc1c(F)cccc1Cl. The first-order valence-corrected chi connectivity index (χ1v) is 11.6. The van der Waals surface area contributed by atoms with Crippen LogP contribution in [0.5, 0.6) is 11.5 Å². The molecule has 0 spiro atoms. The van der Waals surface area contributed by atoms with Gasteiger partial charge in [-0.1, -0.05) is 38.4 Å². The summed E-state index contributed by atoms with van der Waals surface area (Å²) in [4.78, 5) is 0. The first-order valence-electron chi connectivity index (χ1n) is 8.34. The predicted octanol–water partition coefficient (Wildman–Crippen LogP) is 6.66. The number of ether oxygens (including phenoxy) is 1. The van der Waals surface area contributed by atoms with Gasteiger partial charge in [-0.2, -0.15) is 5.26 Å². The van der Waals surface area contributed by atoms with E-state index in [0.29, 0.717) is 16.9 Å². The van der Waals surface area contributed by atoms with E-state index in [1.54, 1.807) is 24.3 Å². The standard InChI is InChI=1S/C20H23ClFNO2Si/c1-20(2,3)26(4,5)24-13-15-11-14(12-23)9-10-18(15)25-19-16(21)7-6-8-17(19)22/h6-11H,13H2,1-5H3. The minimum Gasteiger partial charge on any atom is -0.452 e. The van der Waals surface area contributed by atoms with E-state index in [0.717, 1.165) is 0 Å². The third kappa shape index (κ3) is 4.64. The fourth-order valence-corrected chi connectivity index (χ4v) is 3.18. The Bertz CT molecular complexity index is 820. The number of nitriles is 1. The van der Waals surface area contributed by atoms with Crippen LogP contribution in [0.2, 0.25) is 23.2 Å². The Morgan fingerprint density at radius 1 is 1.19 bits per heavy atom. The fourth-order valence-electron chi connectivity index (χ4n) is 2.03. The molecule has 0 radical (unpaired) electrons. The van der Waals surface area contributed by atoms with Crippen molar-refractivity contribution in [2.75, 3.05) is 0 Å². The molecule has 0 amide bonds. The van der Waals surface area contributed by atoms with E-state index in [9.17, 15) is 9.65 Å². The molecule has 0 aliphatic carbocycles. The lowest BCUT2D eigenvalue weighted by molar-refractivity contribution is 0.271. The molecule has 2 aromatic rings. The second-order valence-corrected chi connectivity index (χ2v) is 12.9. The smallest absolute Gasteiger partial charge is 0.192 e. The molecule has 2 rings (SSSR count). The zero-order valence-electron chi connectivity index (χ0n) is 15.7. The van der Waals surface area contributed by atoms with E-state index in [1.807, 2.05) is 0 Å². The maximum absolute atomic E-state index is 14.1. The van der Waals surface area contributed by atoms with Crippen molar-refractivity contribution in [3.05, 3.63) is 58.4 Å². The number of hydrogen-bond donors (Lipinski definition) is 0. The maximum Gasteiger partial charge on any atom is 0.192 e. The van der Waals surface area contributed by atoms with Crippen LogP contribution in [-0.4, -0.2) is 8.32 Å². The van der Waals surface area contributed by atoms with Crippen LogP contribution >= 0.6 is 11.6 Å². The van der Waals surface area contributed by atoms with Crippen LogP contribution in [-0.2, 0) is 11.0 Å². The normalized spacial score (nSPS) is 11.9. The number of benzene rings is 2. The Morgan fingerprint density at radius 2 is 1.88 bits per heavy atom. The highest BCUT2D eigenvalue weighted by atomic mass is 35.5. The van der Waals surface area contributed by atoms with Crippen LogP contribution in [0.25, 0.3) is 0 Å². The summed E-state index contributed by atoms with van der Waals surface area (Å²) in [5.41, 5.74) is 1.18. The topological polar surface area (TPSA) is 42.2 Å². The molecule has 0 unspecified atom stereocenters. The van der Waals surface area contributed by atoms with Crippen molar-refractivity contribution in [3.63, 3.8) is 0 Å². The highest BCUT2D eigenvalue weighted by Crippen LogP contribution is 2.39. The molecule has 0 fully saturated rings. The lowest BCUT2D eigenvalue weighted by Gasteiger charge is -2.36. The van der Waals surface area contributed by atoms with Gasteiger partial charge in [0, 0.05) is 5.56 Å². The number of para-hydroxylation sites is 1. The minimum absolute atomic E-state index is 0.0348. The summed E-state index contributed by atoms with van der Waals surface area (Å²) >= 11 is 6.06. The van der Waals surface area contributed by atoms with Gasteiger partial charge in [-0.05, 0) is 48.5 Å². The summed E-state index contributed by atoms with van der Waals surface area (Å²) in [7, 11) is -1.99. The molecule has 0 heterocycles. The Morgan fingerprint density at radius 3 is 2.46 bits per heavy atom. The summed E-state index contributed by atoms with van der Waals surface area (Å²) in [5, 5.41) is 9.42. The molecule has 0 atom stereocenters.